The van der Waals surface area contributed by atoms with Gasteiger partial charge in [-0.2, -0.15) is 0 Å². The molecule has 2 saturated heterocycles. The van der Waals surface area contributed by atoms with Gasteiger partial charge in [-0.3, -0.25) is 4.79 Å². The predicted molar refractivity (Wildman–Crippen MR) is 66.8 cm³/mol. The fraction of sp³-hybridized carbons (Fsp3) is 0.923. The van der Waals surface area contributed by atoms with Gasteiger partial charge in [0.15, 0.2) is 0 Å². The number of carbonyl (C=O) groups excluding carboxylic acids is 1. The maximum absolute atomic E-state index is 12.8. The summed E-state index contributed by atoms with van der Waals surface area (Å²) in [5.74, 6) is 0.716. The zero-order valence-corrected chi connectivity index (χ0v) is 11.2. The van der Waals surface area contributed by atoms with Gasteiger partial charge >= 0.3 is 0 Å². The lowest BCUT2D eigenvalue weighted by molar-refractivity contribution is -0.151. The summed E-state index contributed by atoms with van der Waals surface area (Å²) < 4.78 is 5.41. The first-order valence-corrected chi connectivity index (χ1v) is 6.67. The highest BCUT2D eigenvalue weighted by Crippen LogP contribution is 2.36. The largest absolute Gasteiger partial charge is 0.377 e. The van der Waals surface area contributed by atoms with Crippen LogP contribution in [0, 0.1) is 11.3 Å². The van der Waals surface area contributed by atoms with Crippen molar-refractivity contribution in [3.63, 3.8) is 0 Å². The highest BCUT2D eigenvalue weighted by atomic mass is 16.5. The van der Waals surface area contributed by atoms with Crippen LogP contribution < -0.4 is 5.32 Å². The van der Waals surface area contributed by atoms with Gasteiger partial charge in [0.2, 0.25) is 5.91 Å². The highest BCUT2D eigenvalue weighted by molar-refractivity contribution is 5.84. The summed E-state index contributed by atoms with van der Waals surface area (Å²) in [4.78, 5) is 14.8. The molecule has 2 fully saturated rings. The van der Waals surface area contributed by atoms with Crippen molar-refractivity contribution in [1.82, 2.24) is 10.2 Å². The number of amides is 1. The zero-order chi connectivity index (χ0) is 12.5. The summed E-state index contributed by atoms with van der Waals surface area (Å²) in [7, 11) is 0. The van der Waals surface area contributed by atoms with E-state index in [4.69, 9.17) is 4.74 Å². The normalized spacial score (nSPS) is 34.4. The molecule has 1 amide bonds. The van der Waals surface area contributed by atoms with Crippen molar-refractivity contribution < 1.29 is 9.53 Å². The molecule has 2 rings (SSSR count). The Morgan fingerprint density at radius 2 is 2.29 bits per heavy atom. The molecular formula is C13H24N2O2. The smallest absolute Gasteiger partial charge is 0.230 e. The molecule has 1 N–H and O–H groups in total. The Balaban J connectivity index is 2.16. The number of carbonyl (C=O) groups is 1. The second kappa shape index (κ2) is 4.94. The summed E-state index contributed by atoms with van der Waals surface area (Å²) in [5, 5.41) is 3.35. The van der Waals surface area contributed by atoms with Crippen LogP contribution in [-0.4, -0.2) is 49.7 Å². The number of ether oxygens (including phenoxy) is 1. The lowest BCUT2D eigenvalue weighted by atomic mass is 9.75. The van der Waals surface area contributed by atoms with Gasteiger partial charge in [0.05, 0.1) is 24.7 Å². The van der Waals surface area contributed by atoms with Crippen molar-refractivity contribution in [3.05, 3.63) is 0 Å². The van der Waals surface area contributed by atoms with Gasteiger partial charge in [-0.05, 0) is 25.8 Å². The highest BCUT2D eigenvalue weighted by Gasteiger charge is 2.47. The van der Waals surface area contributed by atoms with Crippen molar-refractivity contribution in [2.45, 2.75) is 33.2 Å². The van der Waals surface area contributed by atoms with E-state index in [0.717, 1.165) is 26.1 Å². The third kappa shape index (κ3) is 2.20. The number of hydrogen-bond acceptors (Lipinski definition) is 3. The molecule has 1 unspecified atom stereocenters. The minimum atomic E-state index is -0.189. The van der Waals surface area contributed by atoms with E-state index in [-0.39, 0.29) is 11.5 Å². The Hall–Kier alpha value is -0.610. The van der Waals surface area contributed by atoms with Gasteiger partial charge in [0.1, 0.15) is 0 Å². The summed E-state index contributed by atoms with van der Waals surface area (Å²) in [5.41, 5.74) is -0.189. The average molecular weight is 240 g/mol. The number of nitrogens with one attached hydrogen (secondary N) is 1. The molecule has 0 aromatic rings. The van der Waals surface area contributed by atoms with Crippen LogP contribution in [-0.2, 0) is 9.53 Å². The zero-order valence-electron chi connectivity index (χ0n) is 11.2. The van der Waals surface area contributed by atoms with Crippen LogP contribution in [0.1, 0.15) is 27.2 Å². The van der Waals surface area contributed by atoms with E-state index >= 15 is 0 Å². The molecule has 17 heavy (non-hydrogen) atoms. The Morgan fingerprint density at radius 1 is 1.53 bits per heavy atom. The van der Waals surface area contributed by atoms with Gasteiger partial charge in [-0.1, -0.05) is 13.8 Å². The maximum Gasteiger partial charge on any atom is 0.230 e. The predicted octanol–water partition coefficient (Wildman–Crippen LogP) is 0.869. The Labute approximate surface area is 104 Å². The van der Waals surface area contributed by atoms with Crippen LogP contribution in [0.5, 0.6) is 0 Å². The first kappa shape index (κ1) is 12.8. The first-order valence-electron chi connectivity index (χ1n) is 6.67. The van der Waals surface area contributed by atoms with Crippen molar-refractivity contribution in [3.8, 4) is 0 Å². The van der Waals surface area contributed by atoms with Crippen molar-refractivity contribution >= 4 is 5.91 Å². The molecule has 2 atom stereocenters. The van der Waals surface area contributed by atoms with Gasteiger partial charge in [0, 0.05) is 13.1 Å². The van der Waals surface area contributed by atoms with Crippen LogP contribution >= 0.6 is 0 Å². The number of hydrogen-bond donors (Lipinski definition) is 1. The van der Waals surface area contributed by atoms with E-state index in [1.54, 1.807) is 0 Å². The van der Waals surface area contributed by atoms with E-state index in [9.17, 15) is 4.79 Å². The van der Waals surface area contributed by atoms with Crippen LogP contribution in [0.4, 0.5) is 0 Å². The third-order valence-corrected chi connectivity index (χ3v) is 4.35. The molecule has 0 radical (unpaired) electrons. The minimum Gasteiger partial charge on any atom is -0.377 e. The van der Waals surface area contributed by atoms with Crippen molar-refractivity contribution in [2.75, 3.05) is 32.8 Å². The van der Waals surface area contributed by atoms with Gasteiger partial charge < -0.3 is 15.0 Å². The summed E-state index contributed by atoms with van der Waals surface area (Å²) in [6.45, 7) is 10.3. The Morgan fingerprint density at radius 3 is 2.82 bits per heavy atom. The van der Waals surface area contributed by atoms with Gasteiger partial charge in [0.25, 0.3) is 0 Å². The molecular weight excluding hydrogens is 216 g/mol. The molecule has 4 heteroatoms. The minimum absolute atomic E-state index is 0.189. The van der Waals surface area contributed by atoms with Crippen molar-refractivity contribution in [2.24, 2.45) is 11.3 Å². The average Bonchev–Trinajstić information content (AvgIpc) is 2.79. The molecule has 0 aromatic heterocycles. The lowest BCUT2D eigenvalue weighted by Gasteiger charge is -2.41. The molecule has 0 saturated carbocycles. The summed E-state index contributed by atoms with van der Waals surface area (Å²) >= 11 is 0. The number of nitrogens with zero attached hydrogens (tertiary/aromatic N) is 1. The van der Waals surface area contributed by atoms with Gasteiger partial charge in [-0.15, -0.1) is 0 Å². The second-order valence-corrected chi connectivity index (χ2v) is 5.66. The molecule has 0 aromatic carbocycles. The molecule has 0 spiro atoms. The van der Waals surface area contributed by atoms with E-state index in [0.29, 0.717) is 25.0 Å². The molecule has 2 aliphatic rings. The van der Waals surface area contributed by atoms with Crippen LogP contribution in [0.15, 0.2) is 0 Å². The van der Waals surface area contributed by atoms with Crippen LogP contribution in [0.2, 0.25) is 0 Å². The van der Waals surface area contributed by atoms with Crippen molar-refractivity contribution in [1.29, 1.82) is 0 Å². The molecule has 2 heterocycles. The summed E-state index contributed by atoms with van der Waals surface area (Å²) in [6.07, 6.45) is 0.966. The molecule has 4 nitrogen and oxygen atoms in total. The van der Waals surface area contributed by atoms with Gasteiger partial charge in [-0.25, -0.2) is 0 Å². The SMILES string of the molecule is CC(C)C1(C(=O)N2CCOC[C@H]2C)CCNC1. The topological polar surface area (TPSA) is 41.6 Å². The lowest BCUT2D eigenvalue weighted by Crippen LogP contribution is -2.55. The molecule has 2 aliphatic heterocycles. The first-order chi connectivity index (χ1) is 8.08. The molecule has 98 valence electrons. The fourth-order valence-electron chi connectivity index (χ4n) is 2.95. The number of morpholine rings is 1. The maximum atomic E-state index is 12.8. The standard InChI is InChI=1S/C13H24N2O2/c1-10(2)13(4-5-14-9-13)12(16)15-6-7-17-8-11(15)3/h10-11,14H,4-9H2,1-3H3/t11-,13?/m1/s1. The Bertz CT molecular complexity index is 285. The van der Waals surface area contributed by atoms with E-state index in [1.165, 1.54) is 0 Å². The molecule has 0 aliphatic carbocycles. The third-order valence-electron chi connectivity index (χ3n) is 4.35. The number of rotatable bonds is 2. The fourth-order valence-corrected chi connectivity index (χ4v) is 2.95. The van der Waals surface area contributed by atoms with E-state index < -0.39 is 0 Å². The quantitative estimate of drug-likeness (QED) is 0.778. The molecule has 0 bridgehead atoms. The Kier molecular flexibility index (Phi) is 3.73. The van der Waals surface area contributed by atoms with Crippen LogP contribution in [0.3, 0.4) is 0 Å². The summed E-state index contributed by atoms with van der Waals surface area (Å²) in [6, 6.07) is 0.215. The van der Waals surface area contributed by atoms with Crippen LogP contribution in [0.25, 0.3) is 0 Å². The van der Waals surface area contributed by atoms with E-state index in [2.05, 4.69) is 26.1 Å². The van der Waals surface area contributed by atoms with E-state index in [1.807, 2.05) is 4.90 Å². The monoisotopic (exact) mass is 240 g/mol. The second-order valence-electron chi connectivity index (χ2n) is 5.66.